The van der Waals surface area contributed by atoms with Crippen LogP contribution < -0.4 is 5.73 Å². The molecule has 2 heterocycles. The third-order valence-electron chi connectivity index (χ3n) is 3.31. The first-order chi connectivity index (χ1) is 7.24. The lowest BCUT2D eigenvalue weighted by atomic mass is 10.1. The van der Waals surface area contributed by atoms with Crippen molar-refractivity contribution in [2.75, 3.05) is 6.54 Å². The van der Waals surface area contributed by atoms with Crippen LogP contribution in [0.4, 0.5) is 0 Å². The van der Waals surface area contributed by atoms with Crippen LogP contribution in [-0.2, 0) is 0 Å². The van der Waals surface area contributed by atoms with E-state index in [0.717, 1.165) is 24.8 Å². The Labute approximate surface area is 94.2 Å². The van der Waals surface area contributed by atoms with Gasteiger partial charge in [0.15, 0.2) is 5.22 Å². The van der Waals surface area contributed by atoms with E-state index >= 15 is 0 Å². The molecular weight excluding hydrogens is 212 g/mol. The fourth-order valence-electron chi connectivity index (χ4n) is 2.49. The maximum atomic E-state index is 6.01. The van der Waals surface area contributed by atoms with E-state index in [1.54, 1.807) is 0 Å². The van der Waals surface area contributed by atoms with Crippen LogP contribution in [-0.4, -0.2) is 23.5 Å². The van der Waals surface area contributed by atoms with E-state index in [2.05, 4.69) is 4.90 Å². The molecule has 2 atom stereocenters. The largest absolute Gasteiger partial charge is 0.448 e. The number of nitrogens with two attached hydrogens (primary N) is 1. The summed E-state index contributed by atoms with van der Waals surface area (Å²) in [6.45, 7) is 0.994. The lowest BCUT2D eigenvalue weighted by molar-refractivity contribution is 0.219. The standard InChI is InChI=1S/C11H15ClN2O/c12-11-4-3-10(15-11)9-5-7(13)6-14(9)8-1-2-8/h3-4,7-9H,1-2,5-6,13H2. The summed E-state index contributed by atoms with van der Waals surface area (Å²) in [5, 5.41) is 0.473. The van der Waals surface area contributed by atoms with E-state index in [4.69, 9.17) is 21.8 Å². The average Bonchev–Trinajstić information content (AvgIpc) is 2.85. The Bertz CT molecular complexity index is 361. The van der Waals surface area contributed by atoms with Crippen molar-refractivity contribution < 1.29 is 4.42 Å². The SMILES string of the molecule is NC1CC(c2ccc(Cl)o2)N(C2CC2)C1. The number of hydrogen-bond donors (Lipinski definition) is 1. The molecule has 1 aromatic rings. The van der Waals surface area contributed by atoms with Gasteiger partial charge < -0.3 is 10.2 Å². The summed E-state index contributed by atoms with van der Waals surface area (Å²) in [6.07, 6.45) is 3.59. The van der Waals surface area contributed by atoms with Gasteiger partial charge in [0.2, 0.25) is 0 Å². The fourth-order valence-corrected chi connectivity index (χ4v) is 2.64. The molecule has 0 radical (unpaired) electrons. The van der Waals surface area contributed by atoms with Crippen molar-refractivity contribution in [3.63, 3.8) is 0 Å². The summed E-state index contributed by atoms with van der Waals surface area (Å²) in [5.74, 6) is 0.972. The van der Waals surface area contributed by atoms with E-state index < -0.39 is 0 Å². The smallest absolute Gasteiger partial charge is 0.193 e. The van der Waals surface area contributed by atoms with Crippen LogP contribution in [0.2, 0.25) is 5.22 Å². The average molecular weight is 227 g/mol. The number of nitrogens with zero attached hydrogens (tertiary/aromatic N) is 1. The van der Waals surface area contributed by atoms with Gasteiger partial charge in [0.05, 0.1) is 6.04 Å². The van der Waals surface area contributed by atoms with Crippen molar-refractivity contribution in [3.05, 3.63) is 23.1 Å². The molecule has 0 spiro atoms. The molecular formula is C11H15ClN2O. The quantitative estimate of drug-likeness (QED) is 0.841. The molecule has 3 rings (SSSR count). The van der Waals surface area contributed by atoms with Crippen LogP contribution in [0.5, 0.6) is 0 Å². The molecule has 2 fully saturated rings. The molecule has 4 heteroatoms. The fraction of sp³-hybridized carbons (Fsp3) is 0.636. The summed E-state index contributed by atoms with van der Waals surface area (Å²) in [7, 11) is 0. The highest BCUT2D eigenvalue weighted by Crippen LogP contribution is 2.41. The second kappa shape index (κ2) is 3.51. The molecule has 82 valence electrons. The second-order valence-electron chi connectivity index (χ2n) is 4.58. The number of likely N-dealkylation sites (tertiary alicyclic amines) is 1. The Morgan fingerprint density at radius 2 is 2.20 bits per heavy atom. The molecule has 2 unspecified atom stereocenters. The first-order valence-electron chi connectivity index (χ1n) is 5.50. The molecule has 1 aromatic heterocycles. The lowest BCUT2D eigenvalue weighted by Gasteiger charge is -2.21. The van der Waals surface area contributed by atoms with Crippen molar-refractivity contribution in [3.8, 4) is 0 Å². The van der Waals surface area contributed by atoms with Crippen molar-refractivity contribution >= 4 is 11.6 Å². The zero-order chi connectivity index (χ0) is 10.4. The highest BCUT2D eigenvalue weighted by atomic mass is 35.5. The zero-order valence-corrected chi connectivity index (χ0v) is 9.28. The molecule has 2 N–H and O–H groups in total. The summed E-state index contributed by atoms with van der Waals surface area (Å²) in [6, 6.07) is 5.14. The number of rotatable bonds is 2. The van der Waals surface area contributed by atoms with Crippen LogP contribution in [0, 0.1) is 0 Å². The van der Waals surface area contributed by atoms with Crippen molar-refractivity contribution in [2.24, 2.45) is 5.73 Å². The molecule has 2 aliphatic rings. The zero-order valence-electron chi connectivity index (χ0n) is 8.53. The second-order valence-corrected chi connectivity index (χ2v) is 4.95. The van der Waals surface area contributed by atoms with Crippen LogP contribution in [0.25, 0.3) is 0 Å². The van der Waals surface area contributed by atoms with Gasteiger partial charge in [-0.05, 0) is 43.0 Å². The van der Waals surface area contributed by atoms with Gasteiger partial charge in [-0.15, -0.1) is 0 Å². The Morgan fingerprint density at radius 3 is 2.80 bits per heavy atom. The Balaban J connectivity index is 1.83. The topological polar surface area (TPSA) is 42.4 Å². The first kappa shape index (κ1) is 9.70. The van der Waals surface area contributed by atoms with Crippen LogP contribution in [0.3, 0.4) is 0 Å². The molecule has 0 bridgehead atoms. The highest BCUT2D eigenvalue weighted by Gasteiger charge is 2.41. The maximum Gasteiger partial charge on any atom is 0.193 e. The summed E-state index contributed by atoms with van der Waals surface area (Å²) in [4.78, 5) is 2.47. The molecule has 1 aliphatic carbocycles. The van der Waals surface area contributed by atoms with Gasteiger partial charge in [-0.25, -0.2) is 0 Å². The third kappa shape index (κ3) is 1.80. The van der Waals surface area contributed by atoms with E-state index in [-0.39, 0.29) is 6.04 Å². The van der Waals surface area contributed by atoms with E-state index in [1.165, 1.54) is 12.8 Å². The van der Waals surface area contributed by atoms with Crippen molar-refractivity contribution in [1.29, 1.82) is 0 Å². The van der Waals surface area contributed by atoms with Gasteiger partial charge in [0, 0.05) is 18.6 Å². The number of hydrogen-bond acceptors (Lipinski definition) is 3. The molecule has 3 nitrogen and oxygen atoms in total. The minimum atomic E-state index is 0.277. The maximum absolute atomic E-state index is 6.01. The lowest BCUT2D eigenvalue weighted by Crippen LogP contribution is -2.29. The van der Waals surface area contributed by atoms with Gasteiger partial charge >= 0.3 is 0 Å². The third-order valence-corrected chi connectivity index (χ3v) is 3.51. The van der Waals surface area contributed by atoms with Gasteiger partial charge in [0.25, 0.3) is 0 Å². The van der Waals surface area contributed by atoms with Gasteiger partial charge in [0.1, 0.15) is 5.76 Å². The Morgan fingerprint density at radius 1 is 1.40 bits per heavy atom. The number of furan rings is 1. The van der Waals surface area contributed by atoms with Gasteiger partial charge in [-0.2, -0.15) is 0 Å². The minimum Gasteiger partial charge on any atom is -0.448 e. The van der Waals surface area contributed by atoms with E-state index in [1.807, 2.05) is 12.1 Å². The molecule has 1 aliphatic heterocycles. The molecule has 0 aromatic carbocycles. The molecule has 15 heavy (non-hydrogen) atoms. The molecule has 1 saturated carbocycles. The highest BCUT2D eigenvalue weighted by molar-refractivity contribution is 6.28. The minimum absolute atomic E-state index is 0.277. The van der Waals surface area contributed by atoms with E-state index in [0.29, 0.717) is 11.3 Å². The van der Waals surface area contributed by atoms with Crippen LogP contribution >= 0.6 is 11.6 Å². The van der Waals surface area contributed by atoms with Gasteiger partial charge in [-0.1, -0.05) is 0 Å². The van der Waals surface area contributed by atoms with Crippen LogP contribution in [0.1, 0.15) is 31.1 Å². The van der Waals surface area contributed by atoms with Crippen LogP contribution in [0.15, 0.2) is 16.5 Å². The molecule has 1 saturated heterocycles. The summed E-state index contributed by atoms with van der Waals surface area (Å²) in [5.41, 5.74) is 6.01. The predicted molar refractivity (Wildman–Crippen MR) is 58.8 cm³/mol. The van der Waals surface area contributed by atoms with Gasteiger partial charge in [-0.3, -0.25) is 4.90 Å². The normalized spacial score (nSPS) is 32.4. The van der Waals surface area contributed by atoms with E-state index in [9.17, 15) is 0 Å². The van der Waals surface area contributed by atoms with Crippen molar-refractivity contribution in [2.45, 2.75) is 37.4 Å². The monoisotopic (exact) mass is 226 g/mol. The summed E-state index contributed by atoms with van der Waals surface area (Å²) < 4.78 is 5.49. The number of halogens is 1. The Hall–Kier alpha value is -0.510. The predicted octanol–water partition coefficient (Wildman–Crippen LogP) is 2.17. The first-order valence-corrected chi connectivity index (χ1v) is 5.88. The summed E-state index contributed by atoms with van der Waals surface area (Å²) >= 11 is 5.80. The molecule has 0 amide bonds. The van der Waals surface area contributed by atoms with Crippen molar-refractivity contribution in [1.82, 2.24) is 4.90 Å². The Kier molecular flexibility index (Phi) is 2.27.